The van der Waals surface area contributed by atoms with E-state index < -0.39 is 48.1 Å². The van der Waals surface area contributed by atoms with Crippen LogP contribution >= 0.6 is 0 Å². The van der Waals surface area contributed by atoms with Gasteiger partial charge in [-0.05, 0) is 30.3 Å². The fourth-order valence-electron chi connectivity index (χ4n) is 1.87. The number of pyridine rings is 1. The SMILES string of the molecule is O=C(COc1ccc(F)cc1)NNC(=O)Cn1cc(C(F)(F)F)ccc1=O. The van der Waals surface area contributed by atoms with Crippen molar-refractivity contribution in [3.8, 4) is 5.75 Å². The zero-order valence-corrected chi connectivity index (χ0v) is 13.5. The number of halogens is 4. The summed E-state index contributed by atoms with van der Waals surface area (Å²) in [5, 5.41) is 0. The van der Waals surface area contributed by atoms with Gasteiger partial charge in [-0.3, -0.25) is 25.2 Å². The molecule has 1 aromatic heterocycles. The molecule has 0 saturated heterocycles. The minimum absolute atomic E-state index is 0.216. The average molecular weight is 387 g/mol. The van der Waals surface area contributed by atoms with Crippen LogP contribution in [-0.4, -0.2) is 23.0 Å². The number of amides is 2. The van der Waals surface area contributed by atoms with Crippen LogP contribution in [0.3, 0.4) is 0 Å². The molecular formula is C16H13F4N3O4. The molecule has 7 nitrogen and oxygen atoms in total. The highest BCUT2D eigenvalue weighted by Crippen LogP contribution is 2.27. The molecule has 2 N–H and O–H groups in total. The first-order valence-electron chi connectivity index (χ1n) is 7.39. The number of carbonyl (C=O) groups excluding carboxylic acids is 2. The van der Waals surface area contributed by atoms with Crippen molar-refractivity contribution >= 4 is 11.8 Å². The molecule has 27 heavy (non-hydrogen) atoms. The summed E-state index contributed by atoms with van der Waals surface area (Å²) in [5.74, 6) is -1.96. The summed E-state index contributed by atoms with van der Waals surface area (Å²) < 4.78 is 56.2. The van der Waals surface area contributed by atoms with E-state index >= 15 is 0 Å². The Kier molecular flexibility index (Phi) is 6.16. The molecule has 0 bridgehead atoms. The summed E-state index contributed by atoms with van der Waals surface area (Å²) in [6.07, 6.45) is -4.17. The van der Waals surface area contributed by atoms with Gasteiger partial charge in [-0.25, -0.2) is 4.39 Å². The van der Waals surface area contributed by atoms with Crippen molar-refractivity contribution < 1.29 is 31.9 Å². The second-order valence-corrected chi connectivity index (χ2v) is 5.22. The van der Waals surface area contributed by atoms with Crippen LogP contribution in [0.1, 0.15) is 5.56 Å². The number of carbonyl (C=O) groups is 2. The smallest absolute Gasteiger partial charge is 0.417 e. The topological polar surface area (TPSA) is 89.4 Å². The lowest BCUT2D eigenvalue weighted by Gasteiger charge is -2.11. The van der Waals surface area contributed by atoms with E-state index in [9.17, 15) is 31.9 Å². The summed E-state index contributed by atoms with van der Waals surface area (Å²) in [5.41, 5.74) is 2.01. The molecule has 0 aliphatic heterocycles. The Morgan fingerprint density at radius 2 is 1.63 bits per heavy atom. The molecule has 2 aromatic rings. The maximum atomic E-state index is 12.7. The zero-order chi connectivity index (χ0) is 20.0. The number of aromatic nitrogens is 1. The molecule has 0 aliphatic rings. The van der Waals surface area contributed by atoms with E-state index in [2.05, 4.69) is 0 Å². The third-order valence-electron chi connectivity index (χ3n) is 3.15. The van der Waals surface area contributed by atoms with Crippen molar-refractivity contribution in [3.05, 3.63) is 64.3 Å². The van der Waals surface area contributed by atoms with Crippen molar-refractivity contribution in [2.75, 3.05) is 6.61 Å². The lowest BCUT2D eigenvalue weighted by Crippen LogP contribution is -2.45. The van der Waals surface area contributed by atoms with Crippen LogP contribution < -0.4 is 21.1 Å². The van der Waals surface area contributed by atoms with E-state index in [4.69, 9.17) is 4.74 Å². The maximum absolute atomic E-state index is 12.7. The Hall–Kier alpha value is -3.37. The predicted molar refractivity (Wildman–Crippen MR) is 83.9 cm³/mol. The lowest BCUT2D eigenvalue weighted by molar-refractivity contribution is -0.138. The van der Waals surface area contributed by atoms with Gasteiger partial charge < -0.3 is 9.30 Å². The Labute approximate surface area is 149 Å². The van der Waals surface area contributed by atoms with Gasteiger partial charge in [0.25, 0.3) is 17.4 Å². The van der Waals surface area contributed by atoms with Crippen LogP contribution in [0.5, 0.6) is 5.75 Å². The fraction of sp³-hybridized carbons (Fsp3) is 0.188. The molecule has 0 atom stereocenters. The number of rotatable bonds is 5. The number of benzene rings is 1. The van der Waals surface area contributed by atoms with Crippen LogP contribution in [0, 0.1) is 5.82 Å². The van der Waals surface area contributed by atoms with Gasteiger partial charge in [0.1, 0.15) is 18.1 Å². The van der Waals surface area contributed by atoms with Gasteiger partial charge in [0.2, 0.25) is 0 Å². The van der Waals surface area contributed by atoms with Gasteiger partial charge in [-0.2, -0.15) is 13.2 Å². The largest absolute Gasteiger partial charge is 0.484 e. The quantitative estimate of drug-likeness (QED) is 0.597. The normalized spacial score (nSPS) is 11.0. The van der Waals surface area contributed by atoms with E-state index in [1.54, 1.807) is 0 Å². The molecule has 0 aliphatic carbocycles. The molecule has 0 spiro atoms. The van der Waals surface area contributed by atoms with Gasteiger partial charge in [-0.1, -0.05) is 0 Å². The van der Waals surface area contributed by atoms with Gasteiger partial charge in [0.05, 0.1) is 5.56 Å². The highest BCUT2D eigenvalue weighted by molar-refractivity contribution is 5.82. The summed E-state index contributed by atoms with van der Waals surface area (Å²) >= 11 is 0. The van der Waals surface area contributed by atoms with Crippen LogP contribution in [0.15, 0.2) is 47.4 Å². The standard InChI is InChI=1S/C16H13F4N3O4/c17-11-2-4-12(5-3-11)27-9-14(25)22-21-13(24)8-23-7-10(16(18,19)20)1-6-15(23)26/h1-7H,8-9H2,(H,21,24)(H,22,25). The molecule has 0 fully saturated rings. The van der Waals surface area contributed by atoms with Crippen molar-refractivity contribution in [1.82, 2.24) is 15.4 Å². The first kappa shape index (κ1) is 19.9. The Balaban J connectivity index is 1.84. The van der Waals surface area contributed by atoms with Crippen molar-refractivity contribution in [2.45, 2.75) is 12.7 Å². The minimum atomic E-state index is -4.67. The molecule has 1 heterocycles. The third kappa shape index (κ3) is 6.13. The van der Waals surface area contributed by atoms with Crippen LogP contribution in [-0.2, 0) is 22.3 Å². The Morgan fingerprint density at radius 1 is 1.00 bits per heavy atom. The monoisotopic (exact) mass is 387 g/mol. The summed E-state index contributed by atoms with van der Waals surface area (Å²) in [4.78, 5) is 34.8. The highest BCUT2D eigenvalue weighted by atomic mass is 19.4. The number of alkyl halides is 3. The predicted octanol–water partition coefficient (Wildman–Crippen LogP) is 1.23. The number of nitrogens with zero attached hydrogens (tertiary/aromatic N) is 1. The van der Waals surface area contributed by atoms with Gasteiger partial charge in [-0.15, -0.1) is 0 Å². The molecule has 0 saturated carbocycles. The fourth-order valence-corrected chi connectivity index (χ4v) is 1.87. The molecule has 0 radical (unpaired) electrons. The molecule has 2 amide bonds. The van der Waals surface area contributed by atoms with E-state index in [0.717, 1.165) is 12.1 Å². The van der Waals surface area contributed by atoms with E-state index in [-0.39, 0.29) is 5.75 Å². The van der Waals surface area contributed by atoms with Crippen LogP contribution in [0.25, 0.3) is 0 Å². The third-order valence-corrected chi connectivity index (χ3v) is 3.15. The van der Waals surface area contributed by atoms with Crippen molar-refractivity contribution in [1.29, 1.82) is 0 Å². The second kappa shape index (κ2) is 8.34. The number of hydrazine groups is 1. The number of hydrogen-bond donors (Lipinski definition) is 2. The van der Waals surface area contributed by atoms with Crippen molar-refractivity contribution in [3.63, 3.8) is 0 Å². The van der Waals surface area contributed by atoms with Gasteiger partial charge in [0.15, 0.2) is 6.61 Å². The summed E-state index contributed by atoms with van der Waals surface area (Å²) in [6.45, 7) is -1.24. The molecule has 0 unspecified atom stereocenters. The van der Waals surface area contributed by atoms with Crippen LogP contribution in [0.2, 0.25) is 0 Å². The number of nitrogens with one attached hydrogen (secondary N) is 2. The second-order valence-electron chi connectivity index (χ2n) is 5.22. The van der Waals surface area contributed by atoms with E-state index in [1.165, 1.54) is 12.1 Å². The molecule has 2 rings (SSSR count). The lowest BCUT2D eigenvalue weighted by atomic mass is 10.3. The Bertz CT molecular complexity index is 878. The van der Waals surface area contributed by atoms with Crippen LogP contribution in [0.4, 0.5) is 17.6 Å². The summed E-state index contributed by atoms with van der Waals surface area (Å²) in [7, 11) is 0. The molecular weight excluding hydrogens is 374 g/mol. The minimum Gasteiger partial charge on any atom is -0.484 e. The molecule has 1 aromatic carbocycles. The maximum Gasteiger partial charge on any atom is 0.417 e. The zero-order valence-electron chi connectivity index (χ0n) is 13.5. The van der Waals surface area contributed by atoms with E-state index in [0.29, 0.717) is 22.9 Å². The molecule has 144 valence electrons. The van der Waals surface area contributed by atoms with Gasteiger partial charge in [0, 0.05) is 12.3 Å². The van der Waals surface area contributed by atoms with Gasteiger partial charge >= 0.3 is 6.18 Å². The van der Waals surface area contributed by atoms with E-state index in [1.807, 2.05) is 10.9 Å². The van der Waals surface area contributed by atoms with Crippen molar-refractivity contribution in [2.24, 2.45) is 0 Å². The average Bonchev–Trinajstić information content (AvgIpc) is 2.60. The summed E-state index contributed by atoms with van der Waals surface area (Å²) in [6, 6.07) is 6.13. The highest BCUT2D eigenvalue weighted by Gasteiger charge is 2.31. The number of ether oxygens (including phenoxy) is 1. The first-order chi connectivity index (χ1) is 12.6. The first-order valence-corrected chi connectivity index (χ1v) is 7.39. The molecule has 11 heteroatoms. The Morgan fingerprint density at radius 3 is 2.26 bits per heavy atom. The number of hydrogen-bond acceptors (Lipinski definition) is 4.